The molecular formula is C8H13F6N. The van der Waals surface area contributed by atoms with Crippen LogP contribution in [-0.4, -0.2) is 25.4 Å². The second kappa shape index (κ2) is 5.58. The van der Waals surface area contributed by atoms with Crippen molar-refractivity contribution in [2.75, 3.05) is 13.1 Å². The van der Waals surface area contributed by atoms with Crippen LogP contribution in [0.4, 0.5) is 26.3 Å². The van der Waals surface area contributed by atoms with Crippen LogP contribution in [0.2, 0.25) is 0 Å². The summed E-state index contributed by atoms with van der Waals surface area (Å²) in [5.74, 6) is -1.44. The fourth-order valence-corrected chi connectivity index (χ4v) is 1.22. The van der Waals surface area contributed by atoms with E-state index in [1.807, 2.05) is 0 Å². The molecule has 15 heavy (non-hydrogen) atoms. The van der Waals surface area contributed by atoms with E-state index in [-0.39, 0.29) is 6.54 Å². The zero-order chi connectivity index (χ0) is 12.1. The van der Waals surface area contributed by atoms with Crippen molar-refractivity contribution in [1.29, 1.82) is 0 Å². The standard InChI is InChI=1S/C8H13F6N/c1-2-15-5-6(3-7(9,10)11)4-8(12,13)14/h6,15H,2-5H2,1H3. The minimum absolute atomic E-state index is 0.268. The smallest absolute Gasteiger partial charge is 0.317 e. The third-order valence-electron chi connectivity index (χ3n) is 1.72. The van der Waals surface area contributed by atoms with Crippen LogP contribution < -0.4 is 5.32 Å². The van der Waals surface area contributed by atoms with Gasteiger partial charge < -0.3 is 5.32 Å². The Morgan fingerprint density at radius 3 is 1.60 bits per heavy atom. The minimum Gasteiger partial charge on any atom is -0.317 e. The highest BCUT2D eigenvalue weighted by Crippen LogP contribution is 2.32. The maximum Gasteiger partial charge on any atom is 0.389 e. The summed E-state index contributed by atoms with van der Waals surface area (Å²) in [6.07, 6.45) is -11.9. The van der Waals surface area contributed by atoms with Gasteiger partial charge in [0.15, 0.2) is 0 Å². The Morgan fingerprint density at radius 1 is 0.933 bits per heavy atom. The maximum absolute atomic E-state index is 11.9. The van der Waals surface area contributed by atoms with Crippen molar-refractivity contribution in [1.82, 2.24) is 5.32 Å². The third kappa shape index (κ3) is 9.84. The van der Waals surface area contributed by atoms with Gasteiger partial charge in [-0.25, -0.2) is 0 Å². The van der Waals surface area contributed by atoms with E-state index >= 15 is 0 Å². The summed E-state index contributed by atoms with van der Waals surface area (Å²) >= 11 is 0. The number of hydrogen-bond donors (Lipinski definition) is 1. The maximum atomic E-state index is 11.9. The van der Waals surface area contributed by atoms with Crippen LogP contribution in [0.1, 0.15) is 19.8 Å². The zero-order valence-electron chi connectivity index (χ0n) is 8.17. The summed E-state index contributed by atoms with van der Waals surface area (Å²) in [5, 5.41) is 2.49. The van der Waals surface area contributed by atoms with Gasteiger partial charge in [-0.05, 0) is 19.0 Å². The molecule has 0 radical (unpaired) electrons. The van der Waals surface area contributed by atoms with Gasteiger partial charge in [0.25, 0.3) is 0 Å². The molecule has 0 saturated heterocycles. The molecule has 0 unspecified atom stereocenters. The van der Waals surface area contributed by atoms with E-state index < -0.39 is 31.1 Å². The van der Waals surface area contributed by atoms with Crippen LogP contribution in [0.25, 0.3) is 0 Å². The Balaban J connectivity index is 4.19. The van der Waals surface area contributed by atoms with Crippen molar-refractivity contribution in [3.8, 4) is 0 Å². The quantitative estimate of drug-likeness (QED) is 0.724. The largest absolute Gasteiger partial charge is 0.389 e. The lowest BCUT2D eigenvalue weighted by Crippen LogP contribution is -2.30. The summed E-state index contributed by atoms with van der Waals surface area (Å²) in [4.78, 5) is 0. The first kappa shape index (κ1) is 14.5. The predicted octanol–water partition coefficient (Wildman–Crippen LogP) is 3.12. The van der Waals surface area contributed by atoms with Crippen LogP contribution in [0.5, 0.6) is 0 Å². The number of rotatable bonds is 5. The molecule has 0 rings (SSSR count). The van der Waals surface area contributed by atoms with E-state index in [1.165, 1.54) is 0 Å². The topological polar surface area (TPSA) is 12.0 Å². The van der Waals surface area contributed by atoms with Gasteiger partial charge in [-0.1, -0.05) is 6.92 Å². The van der Waals surface area contributed by atoms with Crippen molar-refractivity contribution < 1.29 is 26.3 Å². The highest BCUT2D eigenvalue weighted by atomic mass is 19.4. The number of nitrogens with one attached hydrogen (secondary N) is 1. The summed E-state index contributed by atoms with van der Waals surface area (Å²) in [6.45, 7) is 1.71. The second-order valence-corrected chi connectivity index (χ2v) is 3.31. The molecule has 0 aliphatic rings. The Hall–Kier alpha value is -0.460. The molecule has 0 aromatic heterocycles. The van der Waals surface area contributed by atoms with E-state index in [4.69, 9.17) is 0 Å². The van der Waals surface area contributed by atoms with Gasteiger partial charge in [0, 0.05) is 12.8 Å². The van der Waals surface area contributed by atoms with Gasteiger partial charge in [0.05, 0.1) is 0 Å². The van der Waals surface area contributed by atoms with E-state index in [0.717, 1.165) is 0 Å². The Kier molecular flexibility index (Phi) is 5.41. The normalized spacial score (nSPS) is 13.6. The molecule has 0 atom stereocenters. The van der Waals surface area contributed by atoms with E-state index in [2.05, 4.69) is 5.32 Å². The monoisotopic (exact) mass is 237 g/mol. The van der Waals surface area contributed by atoms with Crippen LogP contribution in [0, 0.1) is 5.92 Å². The summed E-state index contributed by atoms with van der Waals surface area (Å²) in [6, 6.07) is 0. The van der Waals surface area contributed by atoms with Crippen LogP contribution in [-0.2, 0) is 0 Å². The molecule has 92 valence electrons. The van der Waals surface area contributed by atoms with Gasteiger partial charge in [0.1, 0.15) is 0 Å². The Morgan fingerprint density at radius 2 is 1.33 bits per heavy atom. The molecule has 0 aromatic rings. The lowest BCUT2D eigenvalue weighted by molar-refractivity contribution is -0.172. The van der Waals surface area contributed by atoms with Crippen molar-refractivity contribution in [2.45, 2.75) is 32.1 Å². The van der Waals surface area contributed by atoms with Gasteiger partial charge >= 0.3 is 12.4 Å². The number of hydrogen-bond acceptors (Lipinski definition) is 1. The molecule has 0 bridgehead atoms. The molecule has 0 saturated carbocycles. The lowest BCUT2D eigenvalue weighted by atomic mass is 10.0. The second-order valence-electron chi connectivity index (χ2n) is 3.31. The van der Waals surface area contributed by atoms with Crippen molar-refractivity contribution in [3.05, 3.63) is 0 Å². The predicted molar refractivity (Wildman–Crippen MR) is 43.4 cm³/mol. The van der Waals surface area contributed by atoms with Crippen LogP contribution in [0.15, 0.2) is 0 Å². The summed E-state index contributed by atoms with van der Waals surface area (Å²) in [7, 11) is 0. The highest BCUT2D eigenvalue weighted by Gasteiger charge is 2.38. The summed E-state index contributed by atoms with van der Waals surface area (Å²) < 4.78 is 71.5. The lowest BCUT2D eigenvalue weighted by Gasteiger charge is -2.20. The average molecular weight is 237 g/mol. The first-order valence-corrected chi connectivity index (χ1v) is 4.48. The zero-order valence-corrected chi connectivity index (χ0v) is 8.17. The first-order valence-electron chi connectivity index (χ1n) is 4.48. The molecular weight excluding hydrogens is 224 g/mol. The highest BCUT2D eigenvalue weighted by molar-refractivity contribution is 4.70. The fraction of sp³-hybridized carbons (Fsp3) is 1.00. The van der Waals surface area contributed by atoms with E-state index in [1.54, 1.807) is 6.92 Å². The van der Waals surface area contributed by atoms with Crippen molar-refractivity contribution in [2.24, 2.45) is 5.92 Å². The molecule has 0 fully saturated rings. The molecule has 1 N–H and O–H groups in total. The first-order chi connectivity index (χ1) is 6.64. The Bertz CT molecular complexity index is 157. The van der Waals surface area contributed by atoms with Crippen molar-refractivity contribution in [3.63, 3.8) is 0 Å². The van der Waals surface area contributed by atoms with Crippen molar-refractivity contribution >= 4 is 0 Å². The van der Waals surface area contributed by atoms with Crippen LogP contribution in [0.3, 0.4) is 0 Å². The van der Waals surface area contributed by atoms with Gasteiger partial charge in [-0.15, -0.1) is 0 Å². The average Bonchev–Trinajstić information content (AvgIpc) is 1.94. The molecule has 0 aliphatic carbocycles. The van der Waals surface area contributed by atoms with Gasteiger partial charge in [-0.3, -0.25) is 0 Å². The van der Waals surface area contributed by atoms with Gasteiger partial charge in [-0.2, -0.15) is 26.3 Å². The molecule has 7 heteroatoms. The molecule has 0 aliphatic heterocycles. The SMILES string of the molecule is CCNCC(CC(F)(F)F)CC(F)(F)F. The minimum atomic E-state index is -4.55. The molecule has 0 heterocycles. The molecule has 1 nitrogen and oxygen atoms in total. The fourth-order valence-electron chi connectivity index (χ4n) is 1.22. The number of alkyl halides is 6. The molecule has 0 amide bonds. The van der Waals surface area contributed by atoms with E-state index in [0.29, 0.717) is 6.54 Å². The molecule has 0 aromatic carbocycles. The molecule has 0 spiro atoms. The Labute approximate surface area is 83.8 Å². The summed E-state index contributed by atoms with van der Waals surface area (Å²) in [5.41, 5.74) is 0. The van der Waals surface area contributed by atoms with Crippen LogP contribution >= 0.6 is 0 Å². The number of halogens is 6. The van der Waals surface area contributed by atoms with E-state index in [9.17, 15) is 26.3 Å². The van der Waals surface area contributed by atoms with Gasteiger partial charge in [0.2, 0.25) is 0 Å². The third-order valence-corrected chi connectivity index (χ3v) is 1.72.